The van der Waals surface area contributed by atoms with Crippen LogP contribution in [0.1, 0.15) is 11.1 Å². The molecule has 0 unspecified atom stereocenters. The fraction of sp³-hybridized carbons (Fsp3) is 0.192. The van der Waals surface area contributed by atoms with Crippen LogP contribution in [0.5, 0.6) is 11.5 Å². The minimum atomic E-state index is -3.75. The maximum atomic E-state index is 12.4. The second kappa shape index (κ2) is 12.9. The van der Waals surface area contributed by atoms with Crippen molar-refractivity contribution in [2.45, 2.75) is 6.92 Å². The molecule has 0 saturated carbocycles. The Morgan fingerprint density at radius 1 is 1.05 bits per heavy atom. The van der Waals surface area contributed by atoms with Gasteiger partial charge in [-0.15, -0.1) is 0 Å². The predicted octanol–water partition coefficient (Wildman–Crippen LogP) is 3.59. The molecule has 0 fully saturated rings. The number of carbonyl (C=O) groups excluding carboxylic acids is 2. The van der Waals surface area contributed by atoms with Crippen LogP contribution in [0.15, 0.2) is 71.8 Å². The van der Waals surface area contributed by atoms with Gasteiger partial charge in [0, 0.05) is 5.02 Å². The van der Waals surface area contributed by atoms with Crippen LogP contribution in [0.2, 0.25) is 5.02 Å². The van der Waals surface area contributed by atoms with Gasteiger partial charge in [-0.2, -0.15) is 5.10 Å². The van der Waals surface area contributed by atoms with Crippen LogP contribution in [0.3, 0.4) is 0 Å². The van der Waals surface area contributed by atoms with E-state index < -0.39 is 22.5 Å². The second-order valence-corrected chi connectivity index (χ2v) is 10.4. The minimum absolute atomic E-state index is 0.204. The Labute approximate surface area is 226 Å². The SMILES string of the molecule is COc1ccccc1NC(=O)COc1ccc(/C=N/NC(=O)CN(c2cc(Cl)ccc2C)S(C)(=O)=O)cc1. The average molecular weight is 559 g/mol. The summed E-state index contributed by atoms with van der Waals surface area (Å²) >= 11 is 6.01. The van der Waals surface area contributed by atoms with E-state index in [-0.39, 0.29) is 12.5 Å². The van der Waals surface area contributed by atoms with E-state index in [2.05, 4.69) is 15.8 Å². The molecule has 200 valence electrons. The van der Waals surface area contributed by atoms with Gasteiger partial charge in [0.05, 0.1) is 31.0 Å². The average Bonchev–Trinajstić information content (AvgIpc) is 2.88. The van der Waals surface area contributed by atoms with E-state index in [9.17, 15) is 18.0 Å². The third kappa shape index (κ3) is 8.22. The molecule has 10 nitrogen and oxygen atoms in total. The van der Waals surface area contributed by atoms with Gasteiger partial charge in [0.1, 0.15) is 18.0 Å². The molecular weight excluding hydrogens is 532 g/mol. The van der Waals surface area contributed by atoms with Crippen LogP contribution >= 0.6 is 11.6 Å². The van der Waals surface area contributed by atoms with Crippen LogP contribution in [0, 0.1) is 6.92 Å². The molecular formula is C26H27ClN4O6S. The first-order chi connectivity index (χ1) is 18.1. The molecule has 0 aromatic heterocycles. The van der Waals surface area contributed by atoms with Crippen LogP contribution in [-0.4, -0.2) is 53.0 Å². The van der Waals surface area contributed by atoms with Crippen LogP contribution in [-0.2, 0) is 19.6 Å². The number of rotatable bonds is 11. The molecule has 3 rings (SSSR count). The number of benzene rings is 3. The Hall–Kier alpha value is -4.09. The van der Waals surface area contributed by atoms with Gasteiger partial charge >= 0.3 is 0 Å². The van der Waals surface area contributed by atoms with E-state index >= 15 is 0 Å². The van der Waals surface area contributed by atoms with Crippen LogP contribution < -0.4 is 24.5 Å². The zero-order valence-electron chi connectivity index (χ0n) is 21.0. The Balaban J connectivity index is 1.52. The first-order valence-electron chi connectivity index (χ1n) is 11.3. The lowest BCUT2D eigenvalue weighted by molar-refractivity contribution is -0.119. The van der Waals surface area contributed by atoms with Gasteiger partial charge in [-0.05, 0) is 66.6 Å². The maximum absolute atomic E-state index is 12.4. The highest BCUT2D eigenvalue weighted by molar-refractivity contribution is 7.92. The third-order valence-corrected chi connectivity index (χ3v) is 6.52. The fourth-order valence-electron chi connectivity index (χ4n) is 3.31. The molecule has 0 saturated heterocycles. The summed E-state index contributed by atoms with van der Waals surface area (Å²) < 4.78 is 36.3. The zero-order chi connectivity index (χ0) is 27.7. The highest BCUT2D eigenvalue weighted by atomic mass is 35.5. The Bertz CT molecular complexity index is 1430. The summed E-state index contributed by atoms with van der Waals surface area (Å²) in [5, 5.41) is 6.96. The number of amides is 2. The van der Waals surface area contributed by atoms with Crippen molar-refractivity contribution in [3.8, 4) is 11.5 Å². The number of aryl methyl sites for hydroxylation is 1. The highest BCUT2D eigenvalue weighted by Crippen LogP contribution is 2.26. The van der Waals surface area contributed by atoms with Crippen LogP contribution in [0.4, 0.5) is 11.4 Å². The molecule has 0 aliphatic carbocycles. The summed E-state index contributed by atoms with van der Waals surface area (Å²) in [6, 6.07) is 18.5. The monoisotopic (exact) mass is 558 g/mol. The number of ether oxygens (including phenoxy) is 2. The minimum Gasteiger partial charge on any atom is -0.495 e. The second-order valence-electron chi connectivity index (χ2n) is 8.10. The lowest BCUT2D eigenvalue weighted by Crippen LogP contribution is -2.39. The van der Waals surface area contributed by atoms with Gasteiger partial charge in [0.15, 0.2) is 6.61 Å². The number of anilines is 2. The standard InChI is InChI=1S/C26H27ClN4O6S/c1-18-8-11-20(27)14-23(18)31(38(3,34)35)16-25(32)30-28-15-19-9-12-21(13-10-19)37-17-26(33)29-22-6-4-5-7-24(22)36-2/h4-15H,16-17H2,1-3H3,(H,29,33)(H,30,32)/b28-15+. The molecule has 38 heavy (non-hydrogen) atoms. The van der Waals surface area contributed by atoms with Crippen molar-refractivity contribution in [3.63, 3.8) is 0 Å². The van der Waals surface area contributed by atoms with Crippen molar-refractivity contribution in [2.75, 3.05) is 36.1 Å². The summed E-state index contributed by atoms with van der Waals surface area (Å²) in [7, 11) is -2.24. The molecule has 0 bridgehead atoms. The molecule has 3 aromatic carbocycles. The van der Waals surface area contributed by atoms with E-state index in [1.165, 1.54) is 19.4 Å². The quantitative estimate of drug-likeness (QED) is 0.273. The number of hydrazone groups is 1. The lowest BCUT2D eigenvalue weighted by atomic mass is 10.2. The topological polar surface area (TPSA) is 126 Å². The summed E-state index contributed by atoms with van der Waals surface area (Å²) in [6.07, 6.45) is 2.40. The van der Waals surface area contributed by atoms with E-state index in [4.69, 9.17) is 21.1 Å². The van der Waals surface area contributed by atoms with Gasteiger partial charge in [0.2, 0.25) is 10.0 Å². The smallest absolute Gasteiger partial charge is 0.262 e. The van der Waals surface area contributed by atoms with Crippen molar-refractivity contribution < 1.29 is 27.5 Å². The number of nitrogens with zero attached hydrogens (tertiary/aromatic N) is 2. The Kier molecular flexibility index (Phi) is 9.69. The molecule has 2 amide bonds. The predicted molar refractivity (Wildman–Crippen MR) is 148 cm³/mol. The molecule has 0 aliphatic rings. The van der Waals surface area contributed by atoms with Crippen molar-refractivity contribution in [3.05, 3.63) is 82.9 Å². The first-order valence-corrected chi connectivity index (χ1v) is 13.5. The molecule has 0 atom stereocenters. The van der Waals surface area contributed by atoms with Gasteiger partial charge in [-0.1, -0.05) is 29.8 Å². The number of carbonyl (C=O) groups is 2. The number of methoxy groups -OCH3 is 1. The highest BCUT2D eigenvalue weighted by Gasteiger charge is 2.22. The Morgan fingerprint density at radius 2 is 1.76 bits per heavy atom. The summed E-state index contributed by atoms with van der Waals surface area (Å²) in [6.45, 7) is 1.05. The number of para-hydroxylation sites is 2. The fourth-order valence-corrected chi connectivity index (χ4v) is 4.38. The van der Waals surface area contributed by atoms with Gasteiger partial charge < -0.3 is 14.8 Å². The number of halogens is 1. The summed E-state index contributed by atoms with van der Waals surface area (Å²) in [5.41, 5.74) is 4.46. The third-order valence-electron chi connectivity index (χ3n) is 5.16. The Morgan fingerprint density at radius 3 is 2.45 bits per heavy atom. The number of hydrogen-bond donors (Lipinski definition) is 2. The van der Waals surface area contributed by atoms with Gasteiger partial charge in [0.25, 0.3) is 11.8 Å². The zero-order valence-corrected chi connectivity index (χ0v) is 22.5. The maximum Gasteiger partial charge on any atom is 0.262 e. The lowest BCUT2D eigenvalue weighted by Gasteiger charge is -2.23. The van der Waals surface area contributed by atoms with E-state index in [1.807, 2.05) is 0 Å². The van der Waals surface area contributed by atoms with E-state index in [0.717, 1.165) is 10.6 Å². The van der Waals surface area contributed by atoms with Crippen molar-refractivity contribution in [1.29, 1.82) is 0 Å². The summed E-state index contributed by atoms with van der Waals surface area (Å²) in [4.78, 5) is 24.6. The van der Waals surface area contributed by atoms with Crippen molar-refractivity contribution in [1.82, 2.24) is 5.43 Å². The molecule has 12 heteroatoms. The molecule has 2 N–H and O–H groups in total. The molecule has 0 aliphatic heterocycles. The molecule has 0 spiro atoms. The number of sulfonamides is 1. The molecule has 3 aromatic rings. The van der Waals surface area contributed by atoms with Crippen LogP contribution in [0.25, 0.3) is 0 Å². The van der Waals surface area contributed by atoms with E-state index in [1.54, 1.807) is 67.6 Å². The number of nitrogens with one attached hydrogen (secondary N) is 2. The van der Waals surface area contributed by atoms with Crippen molar-refractivity contribution in [2.24, 2.45) is 5.10 Å². The van der Waals surface area contributed by atoms with Crippen molar-refractivity contribution >= 4 is 51.0 Å². The van der Waals surface area contributed by atoms with E-state index in [0.29, 0.717) is 39.0 Å². The number of hydrogen-bond acceptors (Lipinski definition) is 7. The van der Waals surface area contributed by atoms with Gasteiger partial charge in [-0.25, -0.2) is 13.8 Å². The first kappa shape index (κ1) is 28.5. The normalized spacial score (nSPS) is 11.2. The largest absolute Gasteiger partial charge is 0.495 e. The summed E-state index contributed by atoms with van der Waals surface area (Å²) in [5.74, 6) is 0.0215. The molecule has 0 radical (unpaired) electrons. The van der Waals surface area contributed by atoms with Gasteiger partial charge in [-0.3, -0.25) is 13.9 Å². The molecule has 0 heterocycles.